The van der Waals surface area contributed by atoms with E-state index < -0.39 is 4.92 Å². The van der Waals surface area contributed by atoms with E-state index in [1.807, 2.05) is 42.7 Å². The van der Waals surface area contributed by atoms with Crippen molar-refractivity contribution in [1.82, 2.24) is 14.5 Å². The molecule has 32 heavy (non-hydrogen) atoms. The van der Waals surface area contributed by atoms with Crippen LogP contribution in [0.3, 0.4) is 0 Å². The molecule has 1 aromatic carbocycles. The highest BCUT2D eigenvalue weighted by Crippen LogP contribution is 2.26. The number of amides is 1. The SMILES string of the molecule is Cc1cc(/C=C(/C#N)C(=O)N(C)C)c(C)n1-c1ccc(Oc2ccc([N+](=O)[O-])cn2)cc1. The average molecular weight is 431 g/mol. The molecule has 0 saturated carbocycles. The van der Waals surface area contributed by atoms with Crippen molar-refractivity contribution >= 4 is 17.7 Å². The van der Waals surface area contributed by atoms with Crippen LogP contribution in [0, 0.1) is 35.3 Å². The van der Waals surface area contributed by atoms with Gasteiger partial charge in [-0.05, 0) is 55.8 Å². The first kappa shape index (κ1) is 22.2. The first-order valence-electron chi connectivity index (χ1n) is 9.62. The number of benzene rings is 1. The summed E-state index contributed by atoms with van der Waals surface area (Å²) >= 11 is 0. The Morgan fingerprint density at radius 2 is 1.91 bits per heavy atom. The maximum absolute atomic E-state index is 12.2. The first-order valence-corrected chi connectivity index (χ1v) is 9.62. The second-order valence-corrected chi connectivity index (χ2v) is 7.24. The number of nitro groups is 1. The first-order chi connectivity index (χ1) is 15.2. The number of nitriles is 1. The molecule has 3 aromatic rings. The number of rotatable bonds is 6. The third kappa shape index (κ3) is 4.65. The van der Waals surface area contributed by atoms with Gasteiger partial charge in [-0.25, -0.2) is 4.98 Å². The van der Waals surface area contributed by atoms with Gasteiger partial charge in [0.1, 0.15) is 23.6 Å². The zero-order valence-electron chi connectivity index (χ0n) is 18.1. The molecule has 3 rings (SSSR count). The molecule has 9 nitrogen and oxygen atoms in total. The van der Waals surface area contributed by atoms with Crippen molar-refractivity contribution in [2.24, 2.45) is 0 Å². The van der Waals surface area contributed by atoms with Crippen LogP contribution >= 0.6 is 0 Å². The molecule has 0 N–H and O–H groups in total. The highest BCUT2D eigenvalue weighted by atomic mass is 16.6. The molecule has 0 radical (unpaired) electrons. The number of aromatic nitrogens is 2. The van der Waals surface area contributed by atoms with Crippen LogP contribution in [0.1, 0.15) is 17.0 Å². The van der Waals surface area contributed by atoms with Gasteiger partial charge in [-0.2, -0.15) is 5.26 Å². The number of carbonyl (C=O) groups is 1. The van der Waals surface area contributed by atoms with Crippen LogP contribution < -0.4 is 4.74 Å². The predicted molar refractivity (Wildman–Crippen MR) is 118 cm³/mol. The summed E-state index contributed by atoms with van der Waals surface area (Å²) in [5.41, 5.74) is 3.44. The lowest BCUT2D eigenvalue weighted by molar-refractivity contribution is -0.385. The summed E-state index contributed by atoms with van der Waals surface area (Å²) in [5.74, 6) is 0.429. The lowest BCUT2D eigenvalue weighted by Crippen LogP contribution is -2.22. The lowest BCUT2D eigenvalue weighted by Gasteiger charge is -2.11. The minimum absolute atomic E-state index is 0.0644. The minimum Gasteiger partial charge on any atom is -0.439 e. The second kappa shape index (κ2) is 9.14. The van der Waals surface area contributed by atoms with E-state index in [1.54, 1.807) is 32.3 Å². The Hall–Kier alpha value is -4.45. The molecule has 0 saturated heterocycles. The zero-order valence-corrected chi connectivity index (χ0v) is 18.1. The molecule has 0 aliphatic rings. The zero-order chi connectivity index (χ0) is 23.4. The number of aryl methyl sites for hydroxylation is 1. The van der Waals surface area contributed by atoms with Crippen LogP contribution in [0.2, 0.25) is 0 Å². The molecule has 1 amide bonds. The number of likely N-dealkylation sites (N-methyl/N-ethyl adjacent to an activating group) is 1. The highest BCUT2D eigenvalue weighted by Gasteiger charge is 2.15. The molecule has 0 spiro atoms. The largest absolute Gasteiger partial charge is 0.439 e. The average Bonchev–Trinajstić information content (AvgIpc) is 3.05. The molecule has 2 aromatic heterocycles. The van der Waals surface area contributed by atoms with Crippen LogP contribution in [0.25, 0.3) is 11.8 Å². The molecule has 162 valence electrons. The van der Waals surface area contributed by atoms with Gasteiger partial charge in [0.05, 0.1) is 4.92 Å². The van der Waals surface area contributed by atoms with Crippen LogP contribution in [0.15, 0.2) is 54.2 Å². The van der Waals surface area contributed by atoms with Gasteiger partial charge in [0.15, 0.2) is 0 Å². The van der Waals surface area contributed by atoms with E-state index in [-0.39, 0.29) is 23.0 Å². The molecule has 0 atom stereocenters. The fourth-order valence-electron chi connectivity index (χ4n) is 3.19. The Kier molecular flexibility index (Phi) is 6.35. The number of pyridine rings is 1. The van der Waals surface area contributed by atoms with Crippen molar-refractivity contribution in [1.29, 1.82) is 5.26 Å². The Morgan fingerprint density at radius 3 is 2.44 bits per heavy atom. The van der Waals surface area contributed by atoms with E-state index in [9.17, 15) is 20.2 Å². The number of ether oxygens (including phenoxy) is 1. The fourth-order valence-corrected chi connectivity index (χ4v) is 3.19. The predicted octanol–water partition coefficient (Wildman–Crippen LogP) is 4.18. The van der Waals surface area contributed by atoms with E-state index >= 15 is 0 Å². The minimum atomic E-state index is -0.521. The monoisotopic (exact) mass is 431 g/mol. The molecule has 0 fully saturated rings. The Balaban J connectivity index is 1.85. The van der Waals surface area contributed by atoms with E-state index in [1.165, 1.54) is 17.0 Å². The van der Waals surface area contributed by atoms with Crippen LogP contribution in [0.5, 0.6) is 11.6 Å². The maximum Gasteiger partial charge on any atom is 0.287 e. The molecule has 2 heterocycles. The van der Waals surface area contributed by atoms with Crippen LogP contribution in [-0.2, 0) is 4.79 Å². The van der Waals surface area contributed by atoms with Gasteiger partial charge in [-0.15, -0.1) is 0 Å². The number of hydrogen-bond donors (Lipinski definition) is 0. The third-order valence-electron chi connectivity index (χ3n) is 4.78. The van der Waals surface area contributed by atoms with Crippen LogP contribution in [-0.4, -0.2) is 39.4 Å². The van der Waals surface area contributed by atoms with Gasteiger partial charge in [0, 0.05) is 43.3 Å². The van der Waals surface area contributed by atoms with Crippen molar-refractivity contribution in [2.75, 3.05) is 14.1 Å². The summed E-state index contributed by atoms with van der Waals surface area (Å²) in [7, 11) is 3.21. The number of carbonyl (C=O) groups excluding carboxylic acids is 1. The summed E-state index contributed by atoms with van der Waals surface area (Å²) in [6, 6.07) is 13.9. The van der Waals surface area contributed by atoms with Gasteiger partial charge in [0.25, 0.3) is 11.6 Å². The normalized spacial score (nSPS) is 11.0. The summed E-state index contributed by atoms with van der Waals surface area (Å²) in [4.78, 5) is 27.7. The van der Waals surface area contributed by atoms with Gasteiger partial charge in [0.2, 0.25) is 5.88 Å². The smallest absolute Gasteiger partial charge is 0.287 e. The maximum atomic E-state index is 12.2. The fraction of sp³-hybridized carbons (Fsp3) is 0.174. The van der Waals surface area contributed by atoms with E-state index in [4.69, 9.17) is 4.74 Å². The summed E-state index contributed by atoms with van der Waals surface area (Å²) < 4.78 is 7.66. The van der Waals surface area contributed by atoms with Gasteiger partial charge >= 0.3 is 0 Å². The summed E-state index contributed by atoms with van der Waals surface area (Å²) in [6.45, 7) is 3.86. The van der Waals surface area contributed by atoms with Crippen molar-refractivity contribution in [2.45, 2.75) is 13.8 Å². The molecular formula is C23H21N5O4. The Bertz CT molecular complexity index is 1230. The highest BCUT2D eigenvalue weighted by molar-refractivity contribution is 6.01. The van der Waals surface area contributed by atoms with Crippen LogP contribution in [0.4, 0.5) is 5.69 Å². The van der Waals surface area contributed by atoms with Crippen molar-refractivity contribution in [3.05, 3.63) is 81.3 Å². The van der Waals surface area contributed by atoms with Gasteiger partial charge in [-0.1, -0.05) is 0 Å². The summed E-state index contributed by atoms with van der Waals surface area (Å²) in [6.07, 6.45) is 2.74. The van der Waals surface area contributed by atoms with Gasteiger partial charge in [-0.3, -0.25) is 14.9 Å². The Labute approximate surface area is 184 Å². The summed E-state index contributed by atoms with van der Waals surface area (Å²) in [5, 5.41) is 20.1. The van der Waals surface area contributed by atoms with Crippen molar-refractivity contribution in [3.63, 3.8) is 0 Å². The van der Waals surface area contributed by atoms with E-state index in [0.29, 0.717) is 5.75 Å². The molecule has 0 unspecified atom stereocenters. The number of nitrogens with zero attached hydrogens (tertiary/aromatic N) is 5. The third-order valence-corrected chi connectivity index (χ3v) is 4.78. The standard InChI is InChI=1S/C23H21N5O4/c1-15-11-17(12-18(13-24)23(29)26(3)4)16(2)27(15)19-5-8-21(9-6-19)32-22-10-7-20(14-25-22)28(30)31/h5-12,14H,1-4H3/b18-12-. The second-order valence-electron chi connectivity index (χ2n) is 7.24. The Morgan fingerprint density at radius 1 is 1.22 bits per heavy atom. The molecule has 0 bridgehead atoms. The van der Waals surface area contributed by atoms with E-state index in [0.717, 1.165) is 28.8 Å². The van der Waals surface area contributed by atoms with Crippen molar-refractivity contribution in [3.8, 4) is 23.4 Å². The topological polar surface area (TPSA) is 114 Å². The molecule has 0 aliphatic heterocycles. The molecule has 0 aliphatic carbocycles. The number of hydrogen-bond acceptors (Lipinski definition) is 6. The lowest BCUT2D eigenvalue weighted by atomic mass is 10.1. The quantitative estimate of drug-likeness (QED) is 0.250. The molecule has 9 heteroatoms. The van der Waals surface area contributed by atoms with E-state index in [2.05, 4.69) is 4.98 Å². The van der Waals surface area contributed by atoms with Gasteiger partial charge < -0.3 is 14.2 Å². The van der Waals surface area contributed by atoms with Crippen molar-refractivity contribution < 1.29 is 14.5 Å². The molecular weight excluding hydrogens is 410 g/mol.